The van der Waals surface area contributed by atoms with Gasteiger partial charge in [-0.15, -0.1) is 0 Å². The van der Waals surface area contributed by atoms with Crippen LogP contribution in [0.5, 0.6) is 0 Å². The highest BCUT2D eigenvalue weighted by Crippen LogP contribution is 2.19. The maximum absolute atomic E-state index is 12.9. The van der Waals surface area contributed by atoms with Crippen LogP contribution in [0.15, 0.2) is 48.6 Å². The van der Waals surface area contributed by atoms with Gasteiger partial charge in [0.25, 0.3) is 0 Å². The fourth-order valence-corrected chi connectivity index (χ4v) is 10.3. The van der Waals surface area contributed by atoms with E-state index < -0.39 is 6.10 Å². The summed E-state index contributed by atoms with van der Waals surface area (Å²) in [5.74, 6) is -0.951. The van der Waals surface area contributed by atoms with Gasteiger partial charge in [-0.2, -0.15) is 0 Å². The molecule has 0 saturated carbocycles. The number of carbonyl (C=O) groups excluding carboxylic acids is 3. The van der Waals surface area contributed by atoms with Gasteiger partial charge in [-0.25, -0.2) is 0 Å². The number of carbonyl (C=O) groups is 3. The minimum absolute atomic E-state index is 0.0899. The fraction of sp³-hybridized carbons (Fsp3) is 0.845. The van der Waals surface area contributed by atoms with Gasteiger partial charge in [-0.3, -0.25) is 14.4 Å². The molecule has 0 bridgehead atoms. The summed E-state index contributed by atoms with van der Waals surface area (Å²) in [4.78, 5) is 38.3. The Morgan fingerprint density at radius 2 is 0.506 bits per heavy atom. The summed E-state index contributed by atoms with van der Waals surface area (Å²) in [7, 11) is 0. The van der Waals surface area contributed by atoms with Gasteiger partial charge in [-0.05, 0) is 44.9 Å². The predicted octanol–water partition coefficient (Wildman–Crippen LogP) is 23.3. The van der Waals surface area contributed by atoms with Gasteiger partial charge in [0.1, 0.15) is 13.2 Å². The van der Waals surface area contributed by atoms with Crippen LogP contribution in [-0.4, -0.2) is 37.2 Å². The Morgan fingerprint density at radius 1 is 0.273 bits per heavy atom. The highest BCUT2D eigenvalue weighted by molar-refractivity contribution is 5.71. The first-order valence-corrected chi connectivity index (χ1v) is 34.1. The van der Waals surface area contributed by atoms with E-state index in [1.54, 1.807) is 0 Å². The van der Waals surface area contributed by atoms with Crippen LogP contribution in [-0.2, 0) is 28.6 Å². The summed E-state index contributed by atoms with van der Waals surface area (Å²) >= 11 is 0. The standard InChI is InChI=1S/C71H130O6/c1-4-7-10-13-16-19-22-25-27-29-31-32-33-34-35-36-37-38-39-40-42-43-46-49-52-55-58-61-64-70(73)76-67-68(66-75-69(72)63-60-57-54-51-48-45-24-21-18-15-12-9-6-3)77-71(74)65-62-59-56-53-50-47-44-41-30-28-26-23-20-17-14-11-8-5-2/h9,12,18,21,45,48,54,57,68H,4-8,10-11,13-17,19-20,22-44,46-47,49-53,55-56,58-67H2,1-3H3/b12-9-,21-18-,48-45-,57-54-. The van der Waals surface area contributed by atoms with Crippen molar-refractivity contribution in [2.24, 2.45) is 0 Å². The molecule has 0 spiro atoms. The van der Waals surface area contributed by atoms with Crippen LogP contribution < -0.4 is 0 Å². The number of ether oxygens (including phenoxy) is 3. The van der Waals surface area contributed by atoms with Gasteiger partial charge < -0.3 is 14.2 Å². The molecular weight excluding hydrogens is 949 g/mol. The van der Waals surface area contributed by atoms with Crippen molar-refractivity contribution in [1.82, 2.24) is 0 Å². The molecule has 1 atom stereocenters. The van der Waals surface area contributed by atoms with Crippen LogP contribution in [0.4, 0.5) is 0 Å². The van der Waals surface area contributed by atoms with E-state index in [0.717, 1.165) is 64.2 Å². The zero-order valence-corrected chi connectivity index (χ0v) is 51.7. The van der Waals surface area contributed by atoms with E-state index in [1.807, 2.05) is 6.08 Å². The van der Waals surface area contributed by atoms with E-state index in [1.165, 1.54) is 257 Å². The molecule has 77 heavy (non-hydrogen) atoms. The average Bonchev–Trinajstić information content (AvgIpc) is 3.43. The molecule has 6 heteroatoms. The maximum atomic E-state index is 12.9. The lowest BCUT2D eigenvalue weighted by Gasteiger charge is -2.18. The Balaban J connectivity index is 4.21. The zero-order valence-electron chi connectivity index (χ0n) is 51.7. The van der Waals surface area contributed by atoms with Crippen LogP contribution in [0, 0.1) is 0 Å². The molecule has 6 nitrogen and oxygen atoms in total. The van der Waals surface area contributed by atoms with E-state index in [-0.39, 0.29) is 37.5 Å². The second kappa shape index (κ2) is 65.9. The maximum Gasteiger partial charge on any atom is 0.306 e. The molecule has 1 unspecified atom stereocenters. The Hall–Kier alpha value is -2.63. The molecule has 0 aromatic heterocycles. The zero-order chi connectivity index (χ0) is 55.7. The summed E-state index contributed by atoms with van der Waals surface area (Å²) in [6, 6.07) is 0. The van der Waals surface area contributed by atoms with E-state index in [2.05, 4.69) is 63.3 Å². The third-order valence-electron chi connectivity index (χ3n) is 15.4. The normalized spacial score (nSPS) is 12.3. The third-order valence-corrected chi connectivity index (χ3v) is 15.4. The van der Waals surface area contributed by atoms with Crippen LogP contribution in [0.1, 0.15) is 367 Å². The number of unbranched alkanes of at least 4 members (excludes halogenated alkanes) is 44. The summed E-state index contributed by atoms with van der Waals surface area (Å²) in [5.41, 5.74) is 0. The quantitative estimate of drug-likeness (QED) is 0.0261. The van der Waals surface area contributed by atoms with E-state index in [4.69, 9.17) is 14.2 Å². The molecule has 0 radical (unpaired) electrons. The fourth-order valence-electron chi connectivity index (χ4n) is 10.3. The summed E-state index contributed by atoms with van der Waals surface area (Å²) in [6.45, 7) is 6.53. The number of hydrogen-bond donors (Lipinski definition) is 0. The van der Waals surface area contributed by atoms with Crippen LogP contribution in [0.3, 0.4) is 0 Å². The molecule has 0 N–H and O–H groups in total. The largest absolute Gasteiger partial charge is 0.462 e. The first-order valence-electron chi connectivity index (χ1n) is 34.1. The van der Waals surface area contributed by atoms with Crippen molar-refractivity contribution in [2.75, 3.05) is 13.2 Å². The molecule has 0 amide bonds. The van der Waals surface area contributed by atoms with Gasteiger partial charge in [-0.1, -0.05) is 352 Å². The first kappa shape index (κ1) is 74.4. The lowest BCUT2D eigenvalue weighted by Crippen LogP contribution is -2.30. The Labute approximate surface area is 479 Å². The van der Waals surface area contributed by atoms with Gasteiger partial charge in [0.05, 0.1) is 0 Å². The number of hydrogen-bond acceptors (Lipinski definition) is 6. The SMILES string of the molecule is CC/C=C\C/C=C\C/C=C\C/C=C\CCC(=O)OCC(COC(=O)CCCCCCCCCCCCCCCCCCCCCCCCCCCCCC)OC(=O)CCCCCCCCCCCCCCCCCCCC. The first-order chi connectivity index (χ1) is 38.0. The molecule has 0 aromatic rings. The smallest absolute Gasteiger partial charge is 0.306 e. The molecule has 0 aliphatic heterocycles. The predicted molar refractivity (Wildman–Crippen MR) is 335 cm³/mol. The van der Waals surface area contributed by atoms with Crippen molar-refractivity contribution < 1.29 is 28.6 Å². The van der Waals surface area contributed by atoms with E-state index in [0.29, 0.717) is 19.3 Å². The number of rotatable bonds is 63. The second-order valence-corrected chi connectivity index (χ2v) is 23.1. The van der Waals surface area contributed by atoms with Crippen LogP contribution in [0.2, 0.25) is 0 Å². The van der Waals surface area contributed by atoms with E-state index >= 15 is 0 Å². The average molecular weight is 1080 g/mol. The van der Waals surface area contributed by atoms with Gasteiger partial charge >= 0.3 is 17.9 Å². The summed E-state index contributed by atoms with van der Waals surface area (Å²) < 4.78 is 16.9. The van der Waals surface area contributed by atoms with Crippen LogP contribution in [0.25, 0.3) is 0 Å². The minimum Gasteiger partial charge on any atom is -0.462 e. The Kier molecular flexibility index (Phi) is 63.6. The number of allylic oxidation sites excluding steroid dienone is 8. The van der Waals surface area contributed by atoms with Gasteiger partial charge in [0.2, 0.25) is 0 Å². The van der Waals surface area contributed by atoms with Crippen molar-refractivity contribution in [1.29, 1.82) is 0 Å². The van der Waals surface area contributed by atoms with Gasteiger partial charge in [0.15, 0.2) is 6.10 Å². The van der Waals surface area contributed by atoms with Gasteiger partial charge in [0, 0.05) is 19.3 Å². The second-order valence-electron chi connectivity index (χ2n) is 23.1. The summed E-state index contributed by atoms with van der Waals surface area (Å²) in [5, 5.41) is 0. The lowest BCUT2D eigenvalue weighted by atomic mass is 10.0. The molecule has 0 aliphatic rings. The third kappa shape index (κ3) is 64.1. The molecule has 450 valence electrons. The molecule has 0 saturated heterocycles. The number of esters is 3. The van der Waals surface area contributed by atoms with Crippen molar-refractivity contribution in [3.8, 4) is 0 Å². The molecule has 0 heterocycles. The van der Waals surface area contributed by atoms with Crippen molar-refractivity contribution in [3.05, 3.63) is 48.6 Å². The molecule has 0 aliphatic carbocycles. The summed E-state index contributed by atoms with van der Waals surface area (Å²) in [6.07, 6.45) is 83.1. The minimum atomic E-state index is -0.799. The van der Waals surface area contributed by atoms with Crippen molar-refractivity contribution in [2.45, 2.75) is 374 Å². The monoisotopic (exact) mass is 1080 g/mol. The Morgan fingerprint density at radius 3 is 0.792 bits per heavy atom. The molecule has 0 rings (SSSR count). The Bertz CT molecular complexity index is 1330. The van der Waals surface area contributed by atoms with Crippen molar-refractivity contribution >= 4 is 17.9 Å². The van der Waals surface area contributed by atoms with E-state index in [9.17, 15) is 14.4 Å². The van der Waals surface area contributed by atoms with Crippen molar-refractivity contribution in [3.63, 3.8) is 0 Å². The molecule has 0 aromatic carbocycles. The molecular formula is C71H130O6. The lowest BCUT2D eigenvalue weighted by molar-refractivity contribution is -0.166. The topological polar surface area (TPSA) is 78.9 Å². The van der Waals surface area contributed by atoms with Crippen LogP contribution >= 0.6 is 0 Å². The highest BCUT2D eigenvalue weighted by atomic mass is 16.6. The molecule has 0 fully saturated rings. The highest BCUT2D eigenvalue weighted by Gasteiger charge is 2.19.